The van der Waals surface area contributed by atoms with Crippen LogP contribution in [0, 0.1) is 10.1 Å². The van der Waals surface area contributed by atoms with Crippen molar-refractivity contribution in [2.45, 2.75) is 6.42 Å². The van der Waals surface area contributed by atoms with Gasteiger partial charge in [0.05, 0.1) is 4.92 Å². The molecule has 0 N–H and O–H groups in total. The third-order valence-electron chi connectivity index (χ3n) is 1.70. The standard InChI is InChI=1S/C8H9NO4S.Na/c10-9(11)8-3-1-7(2-4-8)5-6-14(12)13;/h1-4H,5-6H2,(H,12,13);/q;+1/p-1. The van der Waals surface area contributed by atoms with Gasteiger partial charge in [-0.1, -0.05) is 23.2 Å². The van der Waals surface area contributed by atoms with E-state index in [9.17, 15) is 18.9 Å². The first kappa shape index (κ1) is 14.7. The molecule has 15 heavy (non-hydrogen) atoms. The van der Waals surface area contributed by atoms with Crippen molar-refractivity contribution in [2.75, 3.05) is 5.75 Å². The van der Waals surface area contributed by atoms with Crippen molar-refractivity contribution >= 4 is 16.8 Å². The average Bonchev–Trinajstić information content (AvgIpc) is 2.15. The fourth-order valence-corrected chi connectivity index (χ4v) is 1.39. The Labute approximate surface area is 112 Å². The molecule has 1 rings (SSSR count). The van der Waals surface area contributed by atoms with Crippen molar-refractivity contribution in [3.05, 3.63) is 39.9 Å². The van der Waals surface area contributed by atoms with E-state index < -0.39 is 16.0 Å². The van der Waals surface area contributed by atoms with Gasteiger partial charge in [0, 0.05) is 17.9 Å². The summed E-state index contributed by atoms with van der Waals surface area (Å²) < 4.78 is 20.5. The molecule has 0 amide bonds. The summed E-state index contributed by atoms with van der Waals surface area (Å²) in [4.78, 5) is 9.79. The predicted octanol–water partition coefficient (Wildman–Crippen LogP) is -1.98. The third kappa shape index (κ3) is 5.39. The van der Waals surface area contributed by atoms with Gasteiger partial charge in [-0.15, -0.1) is 0 Å². The average molecular weight is 237 g/mol. The van der Waals surface area contributed by atoms with E-state index in [2.05, 4.69) is 0 Å². The molecule has 1 unspecified atom stereocenters. The molecular weight excluding hydrogens is 229 g/mol. The Bertz CT molecular complexity index is 354. The van der Waals surface area contributed by atoms with Gasteiger partial charge in [-0.3, -0.25) is 14.3 Å². The summed E-state index contributed by atoms with van der Waals surface area (Å²) in [6.45, 7) is 0. The Balaban J connectivity index is 0.00000196. The molecule has 0 bridgehead atoms. The quantitative estimate of drug-likeness (QED) is 0.263. The molecule has 0 fully saturated rings. The first-order chi connectivity index (χ1) is 6.59. The number of nitro benzene ring substituents is 1. The van der Waals surface area contributed by atoms with Gasteiger partial charge in [-0.2, -0.15) is 0 Å². The first-order valence-electron chi connectivity index (χ1n) is 3.89. The summed E-state index contributed by atoms with van der Waals surface area (Å²) in [5.74, 6) is 0.0395. The summed E-state index contributed by atoms with van der Waals surface area (Å²) in [6.07, 6.45) is 0.383. The minimum atomic E-state index is -2.06. The minimum Gasteiger partial charge on any atom is -0.772 e. The summed E-state index contributed by atoms with van der Waals surface area (Å²) >= 11 is -2.06. The van der Waals surface area contributed by atoms with E-state index in [-0.39, 0.29) is 41.0 Å². The smallest absolute Gasteiger partial charge is 0.772 e. The molecule has 0 aliphatic rings. The number of hydrogen-bond acceptors (Lipinski definition) is 4. The van der Waals surface area contributed by atoms with Crippen LogP contribution in [0.2, 0.25) is 0 Å². The number of benzene rings is 1. The van der Waals surface area contributed by atoms with E-state index in [0.717, 1.165) is 5.56 Å². The van der Waals surface area contributed by atoms with Gasteiger partial charge in [0.2, 0.25) is 0 Å². The van der Waals surface area contributed by atoms with Crippen LogP contribution in [0.5, 0.6) is 0 Å². The number of nitrogens with zero attached hydrogens (tertiary/aromatic N) is 1. The largest absolute Gasteiger partial charge is 1.00 e. The normalized spacial score (nSPS) is 11.5. The molecule has 0 aliphatic heterocycles. The van der Waals surface area contributed by atoms with Crippen molar-refractivity contribution in [1.82, 2.24) is 0 Å². The van der Waals surface area contributed by atoms with Crippen LogP contribution in [0.15, 0.2) is 24.3 Å². The van der Waals surface area contributed by atoms with Gasteiger partial charge in [-0.25, -0.2) is 0 Å². The molecule has 76 valence electrons. The van der Waals surface area contributed by atoms with Crippen LogP contribution in [0.25, 0.3) is 0 Å². The zero-order chi connectivity index (χ0) is 10.6. The first-order valence-corrected chi connectivity index (χ1v) is 5.13. The zero-order valence-electron chi connectivity index (χ0n) is 8.21. The van der Waals surface area contributed by atoms with Crippen molar-refractivity contribution in [1.29, 1.82) is 0 Å². The molecule has 0 saturated carbocycles. The molecule has 0 radical (unpaired) electrons. The van der Waals surface area contributed by atoms with E-state index in [1.54, 1.807) is 12.1 Å². The second-order valence-corrected chi connectivity index (χ2v) is 3.70. The summed E-state index contributed by atoms with van der Waals surface area (Å²) in [6, 6.07) is 5.85. The number of non-ortho nitro benzene ring substituents is 1. The number of rotatable bonds is 4. The Morgan fingerprint density at radius 2 is 1.80 bits per heavy atom. The molecule has 1 aromatic rings. The van der Waals surface area contributed by atoms with E-state index in [1.807, 2.05) is 0 Å². The molecule has 5 nitrogen and oxygen atoms in total. The van der Waals surface area contributed by atoms with Crippen LogP contribution in [0.1, 0.15) is 5.56 Å². The van der Waals surface area contributed by atoms with Gasteiger partial charge in [-0.05, 0) is 12.0 Å². The van der Waals surface area contributed by atoms with Gasteiger partial charge in [0.1, 0.15) is 0 Å². The molecular formula is C8H8NNaO4S. The zero-order valence-corrected chi connectivity index (χ0v) is 11.0. The number of hydrogen-bond donors (Lipinski definition) is 0. The van der Waals surface area contributed by atoms with E-state index in [1.165, 1.54) is 12.1 Å². The maximum absolute atomic E-state index is 10.3. The number of nitro groups is 1. The van der Waals surface area contributed by atoms with Crippen molar-refractivity contribution < 1.29 is 43.2 Å². The van der Waals surface area contributed by atoms with Gasteiger partial charge in [0.15, 0.2) is 0 Å². The van der Waals surface area contributed by atoms with Gasteiger partial charge in [0.25, 0.3) is 5.69 Å². The fraction of sp³-hybridized carbons (Fsp3) is 0.250. The van der Waals surface area contributed by atoms with Crippen LogP contribution in [-0.2, 0) is 17.5 Å². The molecule has 1 atom stereocenters. The predicted molar refractivity (Wildman–Crippen MR) is 50.6 cm³/mol. The van der Waals surface area contributed by atoms with Crippen LogP contribution < -0.4 is 29.6 Å². The summed E-state index contributed by atoms with van der Waals surface area (Å²) in [5, 5.41) is 10.3. The third-order valence-corrected chi connectivity index (χ3v) is 2.24. The van der Waals surface area contributed by atoms with E-state index >= 15 is 0 Å². The second-order valence-electron chi connectivity index (χ2n) is 2.68. The number of aryl methyl sites for hydroxylation is 1. The Kier molecular flexibility index (Phi) is 6.95. The second kappa shape index (κ2) is 7.08. The Morgan fingerprint density at radius 1 is 1.27 bits per heavy atom. The van der Waals surface area contributed by atoms with Crippen molar-refractivity contribution in [2.24, 2.45) is 0 Å². The SMILES string of the molecule is O=[N+]([O-])c1ccc(CCS(=O)[O-])cc1.[Na+]. The summed E-state index contributed by atoms with van der Waals surface area (Å²) in [7, 11) is 0. The maximum Gasteiger partial charge on any atom is 1.00 e. The monoisotopic (exact) mass is 237 g/mol. The molecule has 0 saturated heterocycles. The van der Waals surface area contributed by atoms with Crippen molar-refractivity contribution in [3.63, 3.8) is 0 Å². The Hall–Kier alpha value is -0.270. The van der Waals surface area contributed by atoms with Crippen molar-refractivity contribution in [3.8, 4) is 0 Å². The van der Waals surface area contributed by atoms with Crippen LogP contribution in [-0.4, -0.2) is 19.4 Å². The fourth-order valence-electron chi connectivity index (χ4n) is 0.986. The van der Waals surface area contributed by atoms with Gasteiger partial charge < -0.3 is 4.55 Å². The maximum atomic E-state index is 10.3. The molecule has 7 heteroatoms. The molecule has 0 aromatic heterocycles. The van der Waals surface area contributed by atoms with E-state index in [0.29, 0.717) is 6.42 Å². The van der Waals surface area contributed by atoms with E-state index in [4.69, 9.17) is 0 Å². The molecule has 0 heterocycles. The minimum absolute atomic E-state index is 0. The topological polar surface area (TPSA) is 83.3 Å². The van der Waals surface area contributed by atoms with Gasteiger partial charge >= 0.3 is 29.6 Å². The Morgan fingerprint density at radius 3 is 2.20 bits per heavy atom. The van der Waals surface area contributed by atoms with Crippen LogP contribution in [0.3, 0.4) is 0 Å². The molecule has 1 aromatic carbocycles. The van der Waals surface area contributed by atoms with Crippen LogP contribution >= 0.6 is 0 Å². The summed E-state index contributed by atoms with van der Waals surface area (Å²) in [5.41, 5.74) is 0.789. The molecule has 0 aliphatic carbocycles. The van der Waals surface area contributed by atoms with Crippen LogP contribution in [0.4, 0.5) is 5.69 Å². The molecule has 0 spiro atoms.